The Kier molecular flexibility index (Phi) is 8.54. The molecule has 0 aliphatic carbocycles. The summed E-state index contributed by atoms with van der Waals surface area (Å²) in [5, 5.41) is 23.2. The number of thioether (sulfide) groups is 1. The maximum absolute atomic E-state index is 12.2. The number of phenolic OH excluding ortho intramolecular Hbond substituents is 1. The van der Waals surface area contributed by atoms with E-state index in [-0.39, 0.29) is 17.4 Å². The molecule has 1 aromatic heterocycles. The molecule has 3 aromatic rings. The van der Waals surface area contributed by atoms with Gasteiger partial charge in [-0.1, -0.05) is 11.8 Å². The molecule has 0 aliphatic rings. The van der Waals surface area contributed by atoms with Crippen LogP contribution in [0.2, 0.25) is 0 Å². The van der Waals surface area contributed by atoms with Gasteiger partial charge < -0.3 is 14.4 Å². The maximum Gasteiger partial charge on any atom is 0.250 e. The fraction of sp³-hybridized carbons (Fsp3) is 0.200. The number of hydrogen-bond acceptors (Lipinski definition) is 7. The molecule has 0 radical (unpaired) electrons. The van der Waals surface area contributed by atoms with E-state index in [2.05, 4.69) is 43.3 Å². The second kappa shape index (κ2) is 11.1. The predicted molar refractivity (Wildman–Crippen MR) is 138 cm³/mol. The number of amides is 1. The molecule has 11 heteroatoms. The number of rotatable bonds is 8. The molecule has 0 saturated heterocycles. The summed E-state index contributed by atoms with van der Waals surface area (Å²) in [6.45, 7) is 2.67. The monoisotopic (exact) mass is 663 g/mol. The first-order chi connectivity index (χ1) is 14.9. The first-order valence-corrected chi connectivity index (χ1v) is 12.3. The Morgan fingerprint density at radius 3 is 2.71 bits per heavy atom. The van der Waals surface area contributed by atoms with Gasteiger partial charge in [0, 0.05) is 21.2 Å². The molecule has 1 amide bonds. The molecule has 0 aliphatic heterocycles. The van der Waals surface area contributed by atoms with Gasteiger partial charge in [0.2, 0.25) is 0 Å². The zero-order valence-corrected chi connectivity index (χ0v) is 21.8. The number of carbonyl (C=O) groups excluding carboxylic acids is 1. The minimum Gasteiger partial charge on any atom is -0.506 e. The van der Waals surface area contributed by atoms with Crippen LogP contribution in [0.1, 0.15) is 12.5 Å². The second-order valence-electron chi connectivity index (χ2n) is 6.19. The highest BCUT2D eigenvalue weighted by Gasteiger charge is 2.14. The third-order valence-electron chi connectivity index (χ3n) is 4.16. The van der Waals surface area contributed by atoms with Gasteiger partial charge in [0.1, 0.15) is 11.5 Å². The van der Waals surface area contributed by atoms with Gasteiger partial charge in [-0.05, 0) is 88.5 Å². The van der Waals surface area contributed by atoms with Gasteiger partial charge in [0.25, 0.3) is 5.91 Å². The number of nitrogens with one attached hydrogen (secondary N) is 1. The van der Waals surface area contributed by atoms with Crippen molar-refractivity contribution in [2.45, 2.75) is 18.6 Å². The Balaban J connectivity index is 1.62. The van der Waals surface area contributed by atoms with Crippen LogP contribution in [-0.2, 0) is 11.3 Å². The number of ether oxygens (including phenoxy) is 1. The second-order valence-corrected chi connectivity index (χ2v) is 9.54. The molecule has 2 aromatic carbocycles. The van der Waals surface area contributed by atoms with Crippen LogP contribution in [0.25, 0.3) is 11.4 Å². The summed E-state index contributed by atoms with van der Waals surface area (Å²) in [5.74, 6) is 1.49. The smallest absolute Gasteiger partial charge is 0.250 e. The zero-order chi connectivity index (χ0) is 22.4. The van der Waals surface area contributed by atoms with E-state index >= 15 is 0 Å². The van der Waals surface area contributed by atoms with Crippen molar-refractivity contribution in [2.24, 2.45) is 5.10 Å². The van der Waals surface area contributed by atoms with Gasteiger partial charge in [-0.25, -0.2) is 5.43 Å². The van der Waals surface area contributed by atoms with E-state index < -0.39 is 0 Å². The lowest BCUT2D eigenvalue weighted by molar-refractivity contribution is -0.118. The molecule has 31 heavy (non-hydrogen) atoms. The first kappa shape index (κ1) is 23.8. The molecule has 0 bridgehead atoms. The Labute approximate surface area is 211 Å². The largest absolute Gasteiger partial charge is 0.506 e. The van der Waals surface area contributed by atoms with Crippen LogP contribution >= 0.6 is 56.9 Å². The van der Waals surface area contributed by atoms with Crippen LogP contribution < -0.4 is 10.2 Å². The van der Waals surface area contributed by atoms with E-state index in [0.717, 1.165) is 24.3 Å². The fourth-order valence-corrected chi connectivity index (χ4v) is 5.34. The summed E-state index contributed by atoms with van der Waals surface area (Å²) < 4.78 is 8.84. The van der Waals surface area contributed by atoms with E-state index in [4.69, 9.17) is 4.74 Å². The van der Waals surface area contributed by atoms with Crippen molar-refractivity contribution >= 4 is 69.1 Å². The molecule has 0 fully saturated rings. The molecule has 162 valence electrons. The number of aromatic nitrogens is 3. The van der Waals surface area contributed by atoms with E-state index in [1.54, 1.807) is 13.2 Å². The van der Waals surface area contributed by atoms with Gasteiger partial charge in [-0.2, -0.15) is 5.10 Å². The highest BCUT2D eigenvalue weighted by atomic mass is 127. The summed E-state index contributed by atoms with van der Waals surface area (Å²) in [6, 6.07) is 11.2. The van der Waals surface area contributed by atoms with E-state index in [1.807, 2.05) is 64.4 Å². The number of benzene rings is 2. The molecular weight excluding hydrogens is 644 g/mol. The van der Waals surface area contributed by atoms with E-state index in [1.165, 1.54) is 18.0 Å². The molecule has 0 saturated carbocycles. The van der Waals surface area contributed by atoms with Crippen molar-refractivity contribution in [3.8, 4) is 22.9 Å². The van der Waals surface area contributed by atoms with Gasteiger partial charge in [-0.3, -0.25) is 4.79 Å². The lowest BCUT2D eigenvalue weighted by Gasteiger charge is -2.07. The van der Waals surface area contributed by atoms with Crippen molar-refractivity contribution in [1.82, 2.24) is 20.2 Å². The summed E-state index contributed by atoms with van der Waals surface area (Å²) in [6.07, 6.45) is 1.43. The summed E-state index contributed by atoms with van der Waals surface area (Å²) >= 11 is 5.49. The number of carbonyl (C=O) groups is 1. The quantitative estimate of drug-likeness (QED) is 0.163. The Hall–Kier alpha value is -1.87. The van der Waals surface area contributed by atoms with Gasteiger partial charge in [-0.15, -0.1) is 10.2 Å². The topological polar surface area (TPSA) is 102 Å². The number of nitrogens with zero attached hydrogens (tertiary/aromatic N) is 4. The van der Waals surface area contributed by atoms with Crippen molar-refractivity contribution in [3.63, 3.8) is 0 Å². The highest BCUT2D eigenvalue weighted by molar-refractivity contribution is 14.1. The van der Waals surface area contributed by atoms with E-state index in [9.17, 15) is 9.90 Å². The Bertz CT molecular complexity index is 1100. The summed E-state index contributed by atoms with van der Waals surface area (Å²) in [5.41, 5.74) is 3.94. The van der Waals surface area contributed by atoms with Crippen molar-refractivity contribution in [2.75, 3.05) is 12.9 Å². The van der Waals surface area contributed by atoms with E-state index in [0.29, 0.717) is 17.3 Å². The average Bonchev–Trinajstić information content (AvgIpc) is 3.18. The summed E-state index contributed by atoms with van der Waals surface area (Å²) in [7, 11) is 1.62. The predicted octanol–water partition coefficient (Wildman–Crippen LogP) is 4.13. The van der Waals surface area contributed by atoms with Crippen LogP contribution in [0.3, 0.4) is 0 Å². The fourth-order valence-electron chi connectivity index (χ4n) is 2.65. The van der Waals surface area contributed by atoms with Crippen LogP contribution in [0, 0.1) is 7.14 Å². The summed E-state index contributed by atoms with van der Waals surface area (Å²) in [4.78, 5) is 12.2. The van der Waals surface area contributed by atoms with Gasteiger partial charge in [0.05, 0.1) is 22.6 Å². The zero-order valence-electron chi connectivity index (χ0n) is 16.7. The molecule has 0 spiro atoms. The normalized spacial score (nSPS) is 11.1. The third kappa shape index (κ3) is 6.10. The van der Waals surface area contributed by atoms with Crippen molar-refractivity contribution < 1.29 is 14.6 Å². The van der Waals surface area contributed by atoms with Crippen molar-refractivity contribution in [3.05, 3.63) is 49.1 Å². The van der Waals surface area contributed by atoms with Gasteiger partial charge >= 0.3 is 0 Å². The third-order valence-corrected chi connectivity index (χ3v) is 6.58. The van der Waals surface area contributed by atoms with Crippen LogP contribution in [0.5, 0.6) is 11.5 Å². The van der Waals surface area contributed by atoms with Crippen molar-refractivity contribution in [1.29, 1.82) is 0 Å². The molecule has 2 N–H and O–H groups in total. The minimum absolute atomic E-state index is 0.133. The lowest BCUT2D eigenvalue weighted by atomic mass is 10.2. The van der Waals surface area contributed by atoms with Gasteiger partial charge in [0.15, 0.2) is 11.0 Å². The number of halogens is 2. The van der Waals surface area contributed by atoms with Crippen LogP contribution in [-0.4, -0.2) is 44.9 Å². The van der Waals surface area contributed by atoms with Crippen LogP contribution in [0.4, 0.5) is 0 Å². The van der Waals surface area contributed by atoms with Crippen LogP contribution in [0.15, 0.2) is 46.7 Å². The standard InChI is InChI=1S/C20H19I2N5O3S/c1-3-27-19(12-4-6-15(30-2)7-5-12)25-26-20(27)31-11-17(28)24-23-10-13-8-14(21)9-16(22)18(13)29/h4-10,29H,3,11H2,1-2H3,(H,24,28)/b23-10-. The average molecular weight is 663 g/mol. The molecule has 0 unspecified atom stereocenters. The number of phenols is 1. The number of methoxy groups -OCH3 is 1. The number of hydrazone groups is 1. The maximum atomic E-state index is 12.2. The molecule has 0 atom stereocenters. The molecule has 8 nitrogen and oxygen atoms in total. The molecular formula is C20H19I2N5O3S. The Morgan fingerprint density at radius 2 is 2.03 bits per heavy atom. The number of hydrogen-bond donors (Lipinski definition) is 2. The Morgan fingerprint density at radius 1 is 1.29 bits per heavy atom. The molecule has 1 heterocycles. The highest BCUT2D eigenvalue weighted by Crippen LogP contribution is 2.26. The first-order valence-electron chi connectivity index (χ1n) is 9.13. The SMILES string of the molecule is CCn1c(SCC(=O)N/N=C\c2cc(I)cc(I)c2O)nnc1-c1ccc(OC)cc1. The molecule has 3 rings (SSSR count). The minimum atomic E-state index is -0.280. The number of aromatic hydroxyl groups is 1. The lowest BCUT2D eigenvalue weighted by Crippen LogP contribution is -2.20.